The van der Waals surface area contributed by atoms with Gasteiger partial charge in [-0.3, -0.25) is 9.69 Å². The fraction of sp³-hybridized carbons (Fsp3) is 0.600. The Bertz CT molecular complexity index is 1020. The standard InChI is InChI=1S/C20H27N3O5S2/c1-27-14-8-9-16-18(12-14)29-20(21-16)22(13-15-6-5-11-28-15)19(24)17-7-3-4-10-23(17)30(2,25)26/h8-9,12,15,17H,3-7,10-11,13H2,1-2H3. The van der Waals surface area contributed by atoms with Crippen LogP contribution in [0.2, 0.25) is 0 Å². The molecule has 2 fully saturated rings. The van der Waals surface area contributed by atoms with Gasteiger partial charge in [-0.15, -0.1) is 0 Å². The summed E-state index contributed by atoms with van der Waals surface area (Å²) in [4.78, 5) is 20.0. The highest BCUT2D eigenvalue weighted by Gasteiger charge is 2.39. The van der Waals surface area contributed by atoms with E-state index in [1.165, 1.54) is 21.9 Å². The summed E-state index contributed by atoms with van der Waals surface area (Å²) >= 11 is 1.41. The predicted octanol–water partition coefficient (Wildman–Crippen LogP) is 2.63. The van der Waals surface area contributed by atoms with Gasteiger partial charge in [0.05, 0.1) is 36.2 Å². The molecule has 0 N–H and O–H groups in total. The summed E-state index contributed by atoms with van der Waals surface area (Å²) in [5.41, 5.74) is 0.782. The van der Waals surface area contributed by atoms with Crippen LogP contribution in [0.25, 0.3) is 10.2 Å². The van der Waals surface area contributed by atoms with Crippen LogP contribution in [-0.4, -0.2) is 68.8 Å². The molecule has 1 aromatic carbocycles. The van der Waals surface area contributed by atoms with Crippen LogP contribution < -0.4 is 9.64 Å². The van der Waals surface area contributed by atoms with Crippen molar-refractivity contribution in [3.63, 3.8) is 0 Å². The molecule has 164 valence electrons. The van der Waals surface area contributed by atoms with E-state index < -0.39 is 16.1 Å². The lowest BCUT2D eigenvalue weighted by atomic mass is 10.0. The maximum absolute atomic E-state index is 13.6. The number of anilines is 1. The van der Waals surface area contributed by atoms with Crippen molar-refractivity contribution in [3.05, 3.63) is 18.2 Å². The zero-order chi connectivity index (χ0) is 21.3. The average molecular weight is 454 g/mol. The molecule has 2 aromatic rings. The van der Waals surface area contributed by atoms with E-state index >= 15 is 0 Å². The smallest absolute Gasteiger partial charge is 0.247 e. The molecule has 0 saturated carbocycles. The number of carbonyl (C=O) groups is 1. The molecule has 0 spiro atoms. The van der Waals surface area contributed by atoms with Gasteiger partial charge in [0, 0.05) is 13.2 Å². The molecular weight excluding hydrogens is 426 g/mol. The number of carbonyl (C=O) groups excluding carboxylic acids is 1. The summed E-state index contributed by atoms with van der Waals surface area (Å²) < 4.78 is 38.0. The van der Waals surface area contributed by atoms with E-state index in [-0.39, 0.29) is 12.0 Å². The van der Waals surface area contributed by atoms with Crippen LogP contribution in [0.1, 0.15) is 32.1 Å². The number of hydrogen-bond acceptors (Lipinski definition) is 7. The van der Waals surface area contributed by atoms with Gasteiger partial charge in [0.2, 0.25) is 15.9 Å². The minimum Gasteiger partial charge on any atom is -0.497 e. The highest BCUT2D eigenvalue weighted by molar-refractivity contribution is 7.88. The lowest BCUT2D eigenvalue weighted by Crippen LogP contribution is -2.54. The number of nitrogens with zero attached hydrogens (tertiary/aromatic N) is 3. The van der Waals surface area contributed by atoms with Gasteiger partial charge in [0.15, 0.2) is 5.13 Å². The van der Waals surface area contributed by atoms with Crippen molar-refractivity contribution in [2.45, 2.75) is 44.2 Å². The van der Waals surface area contributed by atoms with Crippen molar-refractivity contribution in [2.24, 2.45) is 0 Å². The summed E-state index contributed by atoms with van der Waals surface area (Å²) in [6.07, 6.45) is 5.06. The molecule has 1 aromatic heterocycles. The Hall–Kier alpha value is -1.75. The van der Waals surface area contributed by atoms with Gasteiger partial charge in [-0.05, 0) is 43.9 Å². The van der Waals surface area contributed by atoms with Gasteiger partial charge in [-0.25, -0.2) is 13.4 Å². The van der Waals surface area contributed by atoms with Gasteiger partial charge in [-0.1, -0.05) is 17.8 Å². The van der Waals surface area contributed by atoms with Crippen LogP contribution in [0.3, 0.4) is 0 Å². The van der Waals surface area contributed by atoms with Crippen molar-refractivity contribution in [3.8, 4) is 5.75 Å². The summed E-state index contributed by atoms with van der Waals surface area (Å²) in [6.45, 7) is 1.44. The third-order valence-electron chi connectivity index (χ3n) is 5.66. The Morgan fingerprint density at radius 2 is 2.17 bits per heavy atom. The molecule has 2 atom stereocenters. The van der Waals surface area contributed by atoms with E-state index in [4.69, 9.17) is 9.47 Å². The van der Waals surface area contributed by atoms with E-state index in [1.54, 1.807) is 12.0 Å². The molecule has 2 aliphatic heterocycles. The predicted molar refractivity (Wildman–Crippen MR) is 117 cm³/mol. The van der Waals surface area contributed by atoms with Crippen molar-refractivity contribution < 1.29 is 22.7 Å². The first-order valence-electron chi connectivity index (χ1n) is 10.2. The highest BCUT2D eigenvalue weighted by Crippen LogP contribution is 2.34. The van der Waals surface area contributed by atoms with Gasteiger partial charge >= 0.3 is 0 Å². The number of ether oxygens (including phenoxy) is 2. The molecule has 1 amide bonds. The maximum atomic E-state index is 13.6. The molecule has 10 heteroatoms. The van der Waals surface area contributed by atoms with Gasteiger partial charge < -0.3 is 9.47 Å². The molecule has 2 aliphatic rings. The number of rotatable bonds is 6. The fourth-order valence-electron chi connectivity index (χ4n) is 4.12. The zero-order valence-corrected chi connectivity index (χ0v) is 18.9. The van der Waals surface area contributed by atoms with E-state index in [1.807, 2.05) is 18.2 Å². The second-order valence-corrected chi connectivity index (χ2v) is 10.7. The second-order valence-electron chi connectivity index (χ2n) is 7.80. The van der Waals surface area contributed by atoms with Crippen LogP contribution in [0.4, 0.5) is 5.13 Å². The first kappa shape index (κ1) is 21.5. The van der Waals surface area contributed by atoms with E-state index in [0.29, 0.717) is 31.2 Å². The lowest BCUT2D eigenvalue weighted by molar-refractivity contribution is -0.123. The first-order valence-corrected chi connectivity index (χ1v) is 12.9. The van der Waals surface area contributed by atoms with E-state index in [9.17, 15) is 13.2 Å². The number of piperidine rings is 1. The Morgan fingerprint density at radius 1 is 1.33 bits per heavy atom. The van der Waals surface area contributed by atoms with Crippen molar-refractivity contribution in [1.29, 1.82) is 0 Å². The minimum absolute atomic E-state index is 0.0641. The molecule has 0 radical (unpaired) electrons. The largest absolute Gasteiger partial charge is 0.497 e. The second kappa shape index (κ2) is 8.78. The number of thiazole rings is 1. The van der Waals surface area contributed by atoms with Crippen LogP contribution >= 0.6 is 11.3 Å². The third-order valence-corrected chi connectivity index (χ3v) is 7.99. The van der Waals surface area contributed by atoms with E-state index in [2.05, 4.69) is 4.98 Å². The quantitative estimate of drug-likeness (QED) is 0.668. The number of methoxy groups -OCH3 is 1. The van der Waals surface area contributed by atoms with Crippen LogP contribution in [0.15, 0.2) is 18.2 Å². The van der Waals surface area contributed by atoms with Crippen molar-refractivity contribution >= 4 is 42.6 Å². The third kappa shape index (κ3) is 4.46. The topological polar surface area (TPSA) is 89.0 Å². The monoisotopic (exact) mass is 453 g/mol. The van der Waals surface area contributed by atoms with E-state index in [0.717, 1.165) is 41.6 Å². The number of fused-ring (bicyclic) bond motifs is 1. The average Bonchev–Trinajstić information content (AvgIpc) is 3.39. The molecule has 4 rings (SSSR count). The SMILES string of the molecule is COc1ccc2nc(N(CC3CCCO3)C(=O)C3CCCCN3S(C)(=O)=O)sc2c1. The summed E-state index contributed by atoms with van der Waals surface area (Å²) in [5.74, 6) is 0.506. The van der Waals surface area contributed by atoms with Gasteiger partial charge in [0.1, 0.15) is 11.8 Å². The highest BCUT2D eigenvalue weighted by atomic mass is 32.2. The number of hydrogen-bond donors (Lipinski definition) is 0. The summed E-state index contributed by atoms with van der Waals surface area (Å²) in [7, 11) is -1.87. The molecule has 2 unspecified atom stereocenters. The lowest BCUT2D eigenvalue weighted by Gasteiger charge is -2.35. The molecule has 8 nitrogen and oxygen atoms in total. The van der Waals surface area contributed by atoms with Crippen molar-refractivity contribution in [2.75, 3.05) is 38.0 Å². The van der Waals surface area contributed by atoms with Gasteiger partial charge in [0.25, 0.3) is 0 Å². The molecule has 0 aliphatic carbocycles. The number of sulfonamides is 1. The maximum Gasteiger partial charge on any atom is 0.247 e. The van der Waals surface area contributed by atoms with Gasteiger partial charge in [-0.2, -0.15) is 4.31 Å². The Labute approximate surface area is 180 Å². The zero-order valence-electron chi connectivity index (χ0n) is 17.2. The fourth-order valence-corrected chi connectivity index (χ4v) is 6.25. The minimum atomic E-state index is -3.48. The molecule has 2 saturated heterocycles. The molecule has 0 bridgehead atoms. The molecular formula is C20H27N3O5S2. The van der Waals surface area contributed by atoms with Crippen molar-refractivity contribution in [1.82, 2.24) is 9.29 Å². The number of aromatic nitrogens is 1. The Morgan fingerprint density at radius 3 is 2.87 bits per heavy atom. The molecule has 30 heavy (non-hydrogen) atoms. The Kier molecular flexibility index (Phi) is 6.29. The first-order chi connectivity index (χ1) is 14.4. The summed E-state index contributed by atoms with van der Waals surface area (Å²) in [5, 5.41) is 0.567. The van der Waals surface area contributed by atoms with Crippen LogP contribution in [0, 0.1) is 0 Å². The Balaban J connectivity index is 1.69. The number of amides is 1. The van der Waals surface area contributed by atoms with Crippen LogP contribution in [-0.2, 0) is 19.6 Å². The number of benzene rings is 1. The molecule has 3 heterocycles. The summed E-state index contributed by atoms with van der Waals surface area (Å²) in [6, 6.07) is 4.91. The van der Waals surface area contributed by atoms with Crippen LogP contribution in [0.5, 0.6) is 5.75 Å². The normalized spacial score (nSPS) is 23.0.